The molecule has 0 unspecified atom stereocenters. The molecule has 31 heavy (non-hydrogen) atoms. The second kappa shape index (κ2) is 8.76. The molecule has 0 saturated carbocycles. The minimum Gasteiger partial charge on any atom is -0.320 e. The van der Waals surface area contributed by atoms with Crippen LogP contribution in [0.3, 0.4) is 0 Å². The zero-order valence-corrected chi connectivity index (χ0v) is 17.1. The zero-order chi connectivity index (χ0) is 21.7. The van der Waals surface area contributed by atoms with Gasteiger partial charge in [-0.25, -0.2) is 18.4 Å². The predicted octanol–water partition coefficient (Wildman–Crippen LogP) is 4.20. The third-order valence-electron chi connectivity index (χ3n) is 4.42. The summed E-state index contributed by atoms with van der Waals surface area (Å²) in [7, 11) is -3.80. The Labute approximate surface area is 179 Å². The highest BCUT2D eigenvalue weighted by atomic mass is 32.2. The molecule has 0 aliphatic rings. The molecule has 1 heterocycles. The fourth-order valence-corrected chi connectivity index (χ4v) is 3.96. The number of sulfonamides is 1. The summed E-state index contributed by atoms with van der Waals surface area (Å²) in [4.78, 5) is 21.3. The van der Waals surface area contributed by atoms with Crippen LogP contribution in [0.15, 0.2) is 102 Å². The molecule has 0 atom stereocenters. The van der Waals surface area contributed by atoms with Crippen LogP contribution >= 0.6 is 0 Å². The van der Waals surface area contributed by atoms with Gasteiger partial charge >= 0.3 is 0 Å². The highest BCUT2D eigenvalue weighted by molar-refractivity contribution is 7.92. The van der Waals surface area contributed by atoms with E-state index < -0.39 is 15.9 Å². The van der Waals surface area contributed by atoms with Gasteiger partial charge < -0.3 is 5.32 Å². The highest BCUT2D eigenvalue weighted by Gasteiger charge is 2.17. The summed E-state index contributed by atoms with van der Waals surface area (Å²) in [6.07, 6.45) is 2.86. The molecule has 4 rings (SSSR count). The molecule has 2 N–H and O–H groups in total. The largest absolute Gasteiger partial charge is 0.320 e. The maximum Gasteiger partial charge on any atom is 0.261 e. The normalized spacial score (nSPS) is 11.0. The lowest BCUT2D eigenvalue weighted by Gasteiger charge is -2.13. The van der Waals surface area contributed by atoms with Crippen LogP contribution in [0.5, 0.6) is 0 Å². The lowest BCUT2D eigenvalue weighted by molar-refractivity contribution is 0.102. The summed E-state index contributed by atoms with van der Waals surface area (Å²) in [6.45, 7) is 0. The van der Waals surface area contributed by atoms with Gasteiger partial charge in [0, 0.05) is 18.0 Å². The Morgan fingerprint density at radius 3 is 1.90 bits per heavy atom. The Kier molecular flexibility index (Phi) is 5.72. The number of rotatable bonds is 6. The van der Waals surface area contributed by atoms with Crippen molar-refractivity contribution in [3.05, 3.63) is 103 Å². The molecule has 0 fully saturated rings. The molecular formula is C23H18N4O3S. The summed E-state index contributed by atoms with van der Waals surface area (Å²) < 4.78 is 27.8. The van der Waals surface area contributed by atoms with Gasteiger partial charge in [-0.05, 0) is 24.3 Å². The van der Waals surface area contributed by atoms with Gasteiger partial charge in [-0.15, -0.1) is 0 Å². The molecule has 0 bridgehead atoms. The van der Waals surface area contributed by atoms with Crippen molar-refractivity contribution in [3.63, 3.8) is 0 Å². The van der Waals surface area contributed by atoms with Crippen LogP contribution in [-0.4, -0.2) is 24.3 Å². The zero-order valence-electron chi connectivity index (χ0n) is 16.3. The molecular weight excluding hydrogens is 412 g/mol. The van der Waals surface area contributed by atoms with Crippen molar-refractivity contribution in [2.75, 3.05) is 10.0 Å². The first-order chi connectivity index (χ1) is 15.0. The van der Waals surface area contributed by atoms with Crippen molar-refractivity contribution in [2.24, 2.45) is 0 Å². The van der Waals surface area contributed by atoms with E-state index in [0.717, 1.165) is 5.56 Å². The van der Waals surface area contributed by atoms with Gasteiger partial charge in [0.1, 0.15) is 0 Å². The maximum atomic E-state index is 12.7. The lowest BCUT2D eigenvalue weighted by atomic mass is 10.2. The van der Waals surface area contributed by atoms with E-state index in [4.69, 9.17) is 0 Å². The van der Waals surface area contributed by atoms with Crippen molar-refractivity contribution in [1.82, 2.24) is 9.97 Å². The topological polar surface area (TPSA) is 101 Å². The third-order valence-corrected chi connectivity index (χ3v) is 5.80. The molecule has 1 aromatic heterocycles. The molecule has 0 radical (unpaired) electrons. The Hall–Kier alpha value is -4.04. The molecule has 4 aromatic rings. The van der Waals surface area contributed by atoms with E-state index in [0.29, 0.717) is 11.5 Å². The Morgan fingerprint density at radius 2 is 1.26 bits per heavy atom. The van der Waals surface area contributed by atoms with Crippen molar-refractivity contribution in [2.45, 2.75) is 4.90 Å². The van der Waals surface area contributed by atoms with Gasteiger partial charge in [0.2, 0.25) is 0 Å². The third kappa shape index (κ3) is 4.76. The number of nitrogens with one attached hydrogen (secondary N) is 2. The molecule has 3 aromatic carbocycles. The molecule has 0 spiro atoms. The number of nitrogens with zero attached hydrogens (tertiary/aromatic N) is 2. The quantitative estimate of drug-likeness (QED) is 0.477. The number of hydrogen-bond donors (Lipinski definition) is 2. The maximum absolute atomic E-state index is 12.7. The molecule has 7 nitrogen and oxygen atoms in total. The van der Waals surface area contributed by atoms with Crippen molar-refractivity contribution in [3.8, 4) is 11.4 Å². The van der Waals surface area contributed by atoms with E-state index in [1.807, 2.05) is 30.3 Å². The van der Waals surface area contributed by atoms with Gasteiger partial charge in [-0.2, -0.15) is 0 Å². The van der Waals surface area contributed by atoms with Gasteiger partial charge in [0.05, 0.1) is 21.8 Å². The molecule has 0 aliphatic heterocycles. The van der Waals surface area contributed by atoms with Crippen molar-refractivity contribution < 1.29 is 13.2 Å². The van der Waals surface area contributed by atoms with Gasteiger partial charge in [0.25, 0.3) is 15.9 Å². The second-order valence-electron chi connectivity index (χ2n) is 6.58. The SMILES string of the molecule is O=C(Nc1ccccc1NS(=O)(=O)c1ccccc1)c1cnc(-c2ccccc2)nc1. The summed E-state index contributed by atoms with van der Waals surface area (Å²) in [5.41, 5.74) is 1.66. The average Bonchev–Trinajstić information content (AvgIpc) is 2.81. The number of anilines is 2. The van der Waals surface area contributed by atoms with Crippen LogP contribution in [0.25, 0.3) is 11.4 Å². The van der Waals surface area contributed by atoms with Crippen LogP contribution in [0.4, 0.5) is 11.4 Å². The number of para-hydroxylation sites is 2. The number of amides is 1. The fourth-order valence-electron chi connectivity index (χ4n) is 2.86. The van der Waals surface area contributed by atoms with Crippen LogP contribution in [0, 0.1) is 0 Å². The van der Waals surface area contributed by atoms with E-state index in [9.17, 15) is 13.2 Å². The van der Waals surface area contributed by atoms with E-state index in [-0.39, 0.29) is 16.1 Å². The highest BCUT2D eigenvalue weighted by Crippen LogP contribution is 2.25. The minimum absolute atomic E-state index is 0.126. The van der Waals surface area contributed by atoms with E-state index in [1.165, 1.54) is 24.5 Å². The summed E-state index contributed by atoms with van der Waals surface area (Å²) >= 11 is 0. The number of carbonyl (C=O) groups excluding carboxylic acids is 1. The second-order valence-corrected chi connectivity index (χ2v) is 8.26. The fraction of sp³-hybridized carbons (Fsp3) is 0. The van der Waals surface area contributed by atoms with Crippen LogP contribution in [-0.2, 0) is 10.0 Å². The number of benzene rings is 3. The Balaban J connectivity index is 1.53. The molecule has 154 valence electrons. The van der Waals surface area contributed by atoms with Crippen molar-refractivity contribution in [1.29, 1.82) is 0 Å². The van der Waals surface area contributed by atoms with Gasteiger partial charge in [-0.1, -0.05) is 60.7 Å². The van der Waals surface area contributed by atoms with E-state index in [2.05, 4.69) is 20.0 Å². The van der Waals surface area contributed by atoms with Crippen LogP contribution in [0.2, 0.25) is 0 Å². The Morgan fingerprint density at radius 1 is 0.710 bits per heavy atom. The van der Waals surface area contributed by atoms with Crippen molar-refractivity contribution >= 4 is 27.3 Å². The summed E-state index contributed by atoms with van der Waals surface area (Å²) in [5.74, 6) is 0.0548. The Bertz CT molecular complexity index is 1290. The lowest BCUT2D eigenvalue weighted by Crippen LogP contribution is -2.17. The number of aromatic nitrogens is 2. The predicted molar refractivity (Wildman–Crippen MR) is 119 cm³/mol. The summed E-state index contributed by atoms with van der Waals surface area (Å²) in [6, 6.07) is 24.0. The van der Waals surface area contributed by atoms with Crippen LogP contribution < -0.4 is 10.0 Å². The molecule has 1 amide bonds. The first-order valence-corrected chi connectivity index (χ1v) is 10.9. The first-order valence-electron chi connectivity index (χ1n) is 9.39. The smallest absolute Gasteiger partial charge is 0.261 e. The van der Waals surface area contributed by atoms with E-state index >= 15 is 0 Å². The standard InChI is InChI=1S/C23H18N4O3S/c28-23(18-15-24-22(25-16-18)17-9-3-1-4-10-17)26-20-13-7-8-14-21(20)27-31(29,30)19-11-5-2-6-12-19/h1-16,27H,(H,26,28). The average molecular weight is 430 g/mol. The van der Waals surface area contributed by atoms with Gasteiger partial charge in [0.15, 0.2) is 5.82 Å². The van der Waals surface area contributed by atoms with Crippen LogP contribution in [0.1, 0.15) is 10.4 Å². The number of carbonyl (C=O) groups is 1. The number of hydrogen-bond acceptors (Lipinski definition) is 5. The van der Waals surface area contributed by atoms with Gasteiger partial charge in [-0.3, -0.25) is 9.52 Å². The van der Waals surface area contributed by atoms with E-state index in [1.54, 1.807) is 42.5 Å². The monoisotopic (exact) mass is 430 g/mol. The molecule has 0 saturated heterocycles. The molecule has 0 aliphatic carbocycles. The minimum atomic E-state index is -3.80. The summed E-state index contributed by atoms with van der Waals surface area (Å²) in [5, 5.41) is 2.71. The molecule has 8 heteroatoms. The first kappa shape index (κ1) is 20.2.